The summed E-state index contributed by atoms with van der Waals surface area (Å²) in [4.78, 5) is 32.9. The predicted octanol–water partition coefficient (Wildman–Crippen LogP) is 3.86. The van der Waals surface area contributed by atoms with E-state index >= 15 is 0 Å². The number of nitrogens with zero attached hydrogens (tertiary/aromatic N) is 5. The molecule has 10 nitrogen and oxygen atoms in total. The second-order valence-corrected chi connectivity index (χ2v) is 9.32. The number of anilines is 2. The lowest BCUT2D eigenvalue weighted by Gasteiger charge is -2.64. The molecule has 3 aromatic heterocycles. The number of aromatic nitrogens is 5. The average Bonchev–Trinajstić information content (AvgIpc) is 3.12. The molecule has 0 aromatic carbocycles. The molecular weight excluding hydrogens is 460 g/mol. The number of carbonyl (C=O) groups is 2. The van der Waals surface area contributed by atoms with E-state index in [-0.39, 0.29) is 42.2 Å². The van der Waals surface area contributed by atoms with Crippen LogP contribution in [0.2, 0.25) is 0 Å². The molecule has 35 heavy (non-hydrogen) atoms. The van der Waals surface area contributed by atoms with Crippen LogP contribution in [-0.2, 0) is 16.6 Å². The SMILES string of the molecule is Cc1cnc(F)c([C@@H](C)OC(=O)Nc2c(-c3ccc(NC(=O)C45CC(F)(C4)C5)cn3)nnn2C)c1. The predicted molar refractivity (Wildman–Crippen MR) is 120 cm³/mol. The molecule has 3 aliphatic carbocycles. The van der Waals surface area contributed by atoms with Crippen molar-refractivity contribution in [3.63, 3.8) is 0 Å². The van der Waals surface area contributed by atoms with Crippen LogP contribution in [-0.4, -0.2) is 42.6 Å². The molecule has 182 valence electrons. The Morgan fingerprint density at radius 2 is 1.91 bits per heavy atom. The van der Waals surface area contributed by atoms with Gasteiger partial charge in [0.05, 0.1) is 23.0 Å². The topological polar surface area (TPSA) is 124 Å². The number of halogens is 2. The van der Waals surface area contributed by atoms with Gasteiger partial charge < -0.3 is 10.1 Å². The van der Waals surface area contributed by atoms with E-state index < -0.39 is 29.2 Å². The van der Waals surface area contributed by atoms with Crippen molar-refractivity contribution in [3.05, 3.63) is 47.7 Å². The van der Waals surface area contributed by atoms with Gasteiger partial charge in [-0.05, 0) is 56.9 Å². The van der Waals surface area contributed by atoms with Gasteiger partial charge in [-0.25, -0.2) is 18.9 Å². The second-order valence-electron chi connectivity index (χ2n) is 9.32. The van der Waals surface area contributed by atoms with Crippen molar-refractivity contribution in [2.24, 2.45) is 12.5 Å². The van der Waals surface area contributed by atoms with Crippen LogP contribution in [0.3, 0.4) is 0 Å². The molecule has 1 atom stereocenters. The third-order valence-electron chi connectivity index (χ3n) is 6.48. The first-order chi connectivity index (χ1) is 16.6. The molecule has 0 radical (unpaired) electrons. The third kappa shape index (κ3) is 4.08. The first-order valence-corrected chi connectivity index (χ1v) is 11.0. The number of hydrogen-bond acceptors (Lipinski definition) is 7. The van der Waals surface area contributed by atoms with Crippen molar-refractivity contribution in [2.45, 2.75) is 44.9 Å². The third-order valence-corrected chi connectivity index (χ3v) is 6.48. The summed E-state index contributed by atoms with van der Waals surface area (Å²) in [6, 6.07) is 4.82. The summed E-state index contributed by atoms with van der Waals surface area (Å²) in [6.45, 7) is 3.30. The number of ether oxygens (including phenoxy) is 1. The summed E-state index contributed by atoms with van der Waals surface area (Å²) in [5.74, 6) is -0.699. The molecule has 3 aromatic rings. The Morgan fingerprint density at radius 3 is 2.57 bits per heavy atom. The molecule has 3 saturated carbocycles. The summed E-state index contributed by atoms with van der Waals surface area (Å²) < 4.78 is 34.4. The van der Waals surface area contributed by atoms with Crippen LogP contribution < -0.4 is 10.6 Å². The van der Waals surface area contributed by atoms with Crippen LogP contribution in [0.4, 0.5) is 25.1 Å². The number of pyridine rings is 2. The smallest absolute Gasteiger partial charge is 0.413 e. The van der Waals surface area contributed by atoms with Gasteiger partial charge in [-0.3, -0.25) is 15.1 Å². The molecule has 3 heterocycles. The highest BCUT2D eigenvalue weighted by atomic mass is 19.1. The zero-order chi connectivity index (χ0) is 25.0. The van der Waals surface area contributed by atoms with Crippen LogP contribution in [0.5, 0.6) is 0 Å². The number of aryl methyl sites for hydroxylation is 2. The largest absolute Gasteiger partial charge is 0.441 e. The maximum Gasteiger partial charge on any atom is 0.413 e. The number of amides is 2. The Balaban J connectivity index is 1.25. The number of hydrogen-bond donors (Lipinski definition) is 2. The van der Waals surface area contributed by atoms with E-state index in [4.69, 9.17) is 4.74 Å². The fraction of sp³-hybridized carbons (Fsp3) is 0.391. The van der Waals surface area contributed by atoms with Gasteiger partial charge >= 0.3 is 6.09 Å². The highest BCUT2D eigenvalue weighted by molar-refractivity contribution is 5.98. The molecule has 6 rings (SSSR count). The Kier molecular flexibility index (Phi) is 5.26. The number of alkyl halides is 1. The van der Waals surface area contributed by atoms with Gasteiger partial charge in [0.15, 0.2) is 11.5 Å². The Labute approximate surface area is 199 Å². The quantitative estimate of drug-likeness (QED) is 0.510. The van der Waals surface area contributed by atoms with Gasteiger partial charge in [-0.15, -0.1) is 5.10 Å². The van der Waals surface area contributed by atoms with E-state index in [2.05, 4.69) is 30.9 Å². The molecule has 0 saturated heterocycles. The lowest BCUT2D eigenvalue weighted by Crippen LogP contribution is -2.68. The fourth-order valence-corrected chi connectivity index (χ4v) is 4.66. The summed E-state index contributed by atoms with van der Waals surface area (Å²) in [5.41, 5.74) is 0.277. The number of carbonyl (C=O) groups excluding carboxylic acids is 2. The normalized spacial score (nSPS) is 23.0. The van der Waals surface area contributed by atoms with Crippen molar-refractivity contribution < 1.29 is 23.1 Å². The van der Waals surface area contributed by atoms with Gasteiger partial charge in [0.1, 0.15) is 11.8 Å². The van der Waals surface area contributed by atoms with Crippen LogP contribution in [0, 0.1) is 18.3 Å². The van der Waals surface area contributed by atoms with E-state index in [1.807, 2.05) is 0 Å². The van der Waals surface area contributed by atoms with E-state index in [0.29, 0.717) is 11.4 Å². The Morgan fingerprint density at radius 1 is 1.17 bits per heavy atom. The monoisotopic (exact) mass is 483 g/mol. The second kappa shape index (κ2) is 8.07. The highest BCUT2D eigenvalue weighted by Gasteiger charge is 2.72. The summed E-state index contributed by atoms with van der Waals surface area (Å²) >= 11 is 0. The minimum atomic E-state index is -1.15. The Hall–Kier alpha value is -3.96. The van der Waals surface area contributed by atoms with Crippen molar-refractivity contribution in [1.29, 1.82) is 0 Å². The molecule has 2 N–H and O–H groups in total. The van der Waals surface area contributed by atoms with Crippen molar-refractivity contribution in [2.75, 3.05) is 10.6 Å². The van der Waals surface area contributed by atoms with Crippen molar-refractivity contribution >= 4 is 23.5 Å². The average molecular weight is 483 g/mol. The van der Waals surface area contributed by atoms with E-state index in [1.165, 1.54) is 24.0 Å². The van der Waals surface area contributed by atoms with Crippen LogP contribution >= 0.6 is 0 Å². The fourth-order valence-electron chi connectivity index (χ4n) is 4.66. The summed E-state index contributed by atoms with van der Waals surface area (Å²) in [6.07, 6.45) is 1.93. The highest BCUT2D eigenvalue weighted by Crippen LogP contribution is 2.69. The maximum absolute atomic E-state index is 14.0. The molecule has 0 spiro atoms. The van der Waals surface area contributed by atoms with Gasteiger partial charge in [0.2, 0.25) is 11.9 Å². The lowest BCUT2D eigenvalue weighted by molar-refractivity contribution is -0.209. The molecule has 0 aliphatic heterocycles. The van der Waals surface area contributed by atoms with Crippen LogP contribution in [0.25, 0.3) is 11.4 Å². The van der Waals surface area contributed by atoms with E-state index in [1.54, 1.807) is 32.2 Å². The molecule has 3 aliphatic rings. The number of nitrogens with one attached hydrogen (secondary N) is 2. The van der Waals surface area contributed by atoms with Gasteiger partial charge in [-0.1, -0.05) is 5.21 Å². The first-order valence-electron chi connectivity index (χ1n) is 11.0. The van der Waals surface area contributed by atoms with Gasteiger partial charge in [0, 0.05) is 18.8 Å². The summed E-state index contributed by atoms with van der Waals surface area (Å²) in [7, 11) is 1.58. The van der Waals surface area contributed by atoms with Crippen LogP contribution in [0.1, 0.15) is 43.4 Å². The zero-order valence-corrected chi connectivity index (χ0v) is 19.3. The minimum Gasteiger partial charge on any atom is -0.441 e. The molecule has 0 unspecified atom stereocenters. The molecule has 12 heteroatoms. The van der Waals surface area contributed by atoms with Gasteiger partial charge in [-0.2, -0.15) is 4.39 Å². The molecule has 3 fully saturated rings. The minimum absolute atomic E-state index is 0.156. The Bertz CT molecular complexity index is 1310. The summed E-state index contributed by atoms with van der Waals surface area (Å²) in [5, 5.41) is 13.3. The molecular formula is C23H23F2N7O3. The van der Waals surface area contributed by atoms with Crippen molar-refractivity contribution in [3.8, 4) is 11.4 Å². The molecule has 2 bridgehead atoms. The van der Waals surface area contributed by atoms with Crippen LogP contribution in [0.15, 0.2) is 30.6 Å². The van der Waals surface area contributed by atoms with Crippen molar-refractivity contribution in [1.82, 2.24) is 25.0 Å². The van der Waals surface area contributed by atoms with E-state index in [9.17, 15) is 18.4 Å². The first kappa shape index (κ1) is 22.8. The number of rotatable bonds is 6. The van der Waals surface area contributed by atoms with E-state index in [0.717, 1.165) is 5.56 Å². The standard InChI is InChI=1S/C23H23F2N7O3/c1-12-6-15(18(24)27-7-12)13(2)35-21(34)29-19-17(30-31-32(19)3)16-5-4-14(8-26-16)28-20(33)22-9-23(25,10-22)11-22/h4-8,13H,9-11H2,1-3H3,(H,28,33)(H,29,34)/t13-,22?,23?/m1/s1. The lowest BCUT2D eigenvalue weighted by atomic mass is 9.42. The zero-order valence-electron chi connectivity index (χ0n) is 19.3. The molecule has 2 amide bonds. The van der Waals surface area contributed by atoms with Gasteiger partial charge in [0.25, 0.3) is 0 Å². The maximum atomic E-state index is 14.0.